The van der Waals surface area contributed by atoms with Gasteiger partial charge in [-0.1, -0.05) is 59.6 Å². The number of anilines is 1. The summed E-state index contributed by atoms with van der Waals surface area (Å²) in [6, 6.07) is 15.2. The maximum Gasteiger partial charge on any atom is 0.244 e. The number of nitrogens with zero attached hydrogens (tertiary/aromatic N) is 2. The number of amides is 2. The summed E-state index contributed by atoms with van der Waals surface area (Å²) in [7, 11) is -4.12. The number of likely N-dealkylation sites (N-methyl/N-ethyl adjacent to an activating group) is 1. The molecule has 3 aromatic carbocycles. The summed E-state index contributed by atoms with van der Waals surface area (Å²) in [5, 5.41) is 3.26. The molecule has 0 bridgehead atoms. The van der Waals surface area contributed by atoms with Gasteiger partial charge in [-0.2, -0.15) is 0 Å². The predicted molar refractivity (Wildman–Crippen MR) is 148 cm³/mol. The molecule has 3 rings (SSSR count). The first-order valence-electron chi connectivity index (χ1n) is 11.9. The molecule has 0 fully saturated rings. The van der Waals surface area contributed by atoms with Crippen molar-refractivity contribution in [3.05, 3.63) is 99.5 Å². The monoisotopic (exact) mass is 597 g/mol. The van der Waals surface area contributed by atoms with Crippen molar-refractivity contribution in [3.63, 3.8) is 0 Å². The van der Waals surface area contributed by atoms with E-state index in [-0.39, 0.29) is 23.7 Å². The van der Waals surface area contributed by atoms with Gasteiger partial charge >= 0.3 is 0 Å². The van der Waals surface area contributed by atoms with Gasteiger partial charge in [0, 0.05) is 25.6 Å². The summed E-state index contributed by atoms with van der Waals surface area (Å²) in [6.45, 7) is 1.15. The summed E-state index contributed by atoms with van der Waals surface area (Å²) in [6.07, 6.45) is 0.972. The Morgan fingerprint density at radius 1 is 0.923 bits per heavy atom. The van der Waals surface area contributed by atoms with Crippen LogP contribution in [0.1, 0.15) is 18.1 Å². The van der Waals surface area contributed by atoms with Gasteiger partial charge < -0.3 is 10.2 Å². The topological polar surface area (TPSA) is 86.8 Å². The van der Waals surface area contributed by atoms with Crippen LogP contribution in [0.2, 0.25) is 10.0 Å². The summed E-state index contributed by atoms with van der Waals surface area (Å²) >= 11 is 12.2. The average Bonchev–Trinajstić information content (AvgIpc) is 2.88. The Balaban J connectivity index is 2.07. The fraction of sp³-hybridized carbons (Fsp3) is 0.259. The molecule has 0 saturated heterocycles. The minimum Gasteiger partial charge on any atom is -0.355 e. The van der Waals surface area contributed by atoms with Gasteiger partial charge in [0.1, 0.15) is 12.6 Å². The molecule has 12 heteroatoms. The van der Waals surface area contributed by atoms with E-state index in [1.54, 1.807) is 49.4 Å². The van der Waals surface area contributed by atoms with E-state index >= 15 is 0 Å². The lowest BCUT2D eigenvalue weighted by molar-refractivity contribution is -0.140. The molecule has 0 aromatic heterocycles. The molecule has 1 atom stereocenters. The summed E-state index contributed by atoms with van der Waals surface area (Å²) in [5.41, 5.74) is 1.07. The molecule has 3 aromatic rings. The third-order valence-corrected chi connectivity index (χ3v) is 7.71. The minimum absolute atomic E-state index is 0.111. The highest BCUT2D eigenvalue weighted by Crippen LogP contribution is 2.25. The number of halogens is 4. The van der Waals surface area contributed by atoms with Gasteiger partial charge in [0.2, 0.25) is 21.8 Å². The van der Waals surface area contributed by atoms with Crippen LogP contribution in [-0.2, 0) is 32.6 Å². The van der Waals surface area contributed by atoms with Crippen molar-refractivity contribution in [1.82, 2.24) is 10.2 Å². The number of rotatable bonds is 11. The van der Waals surface area contributed by atoms with Gasteiger partial charge in [-0.25, -0.2) is 17.2 Å². The van der Waals surface area contributed by atoms with Gasteiger partial charge in [0.25, 0.3) is 0 Å². The van der Waals surface area contributed by atoms with E-state index in [1.165, 1.54) is 4.90 Å². The van der Waals surface area contributed by atoms with Crippen LogP contribution in [0.5, 0.6) is 0 Å². The number of carbonyl (C=O) groups is 2. The van der Waals surface area contributed by atoms with Crippen molar-refractivity contribution in [2.45, 2.75) is 25.9 Å². The smallest absolute Gasteiger partial charge is 0.244 e. The van der Waals surface area contributed by atoms with E-state index < -0.39 is 46.1 Å². The standard InChI is InChI=1S/C27H27Cl2F2N3O4S/c1-3-32-27(36)25(14-18-7-5-4-6-8-18)33(16-19-9-11-21(28)22(29)13-19)26(35)17-34(39(2,37)38)20-10-12-23(30)24(31)15-20/h4-13,15,25H,3,14,16-17H2,1-2H3,(H,32,36). The lowest BCUT2D eigenvalue weighted by atomic mass is 10.0. The Morgan fingerprint density at radius 2 is 1.62 bits per heavy atom. The number of hydrogen-bond acceptors (Lipinski definition) is 4. The van der Waals surface area contributed by atoms with E-state index in [2.05, 4.69) is 5.32 Å². The predicted octanol–water partition coefficient (Wildman–Crippen LogP) is 4.81. The lowest BCUT2D eigenvalue weighted by Gasteiger charge is -2.33. The summed E-state index contributed by atoms with van der Waals surface area (Å²) < 4.78 is 53.5. The first-order valence-corrected chi connectivity index (χ1v) is 14.5. The molecule has 0 aliphatic rings. The Hall–Kier alpha value is -3.21. The molecule has 1 N–H and O–H groups in total. The van der Waals surface area contributed by atoms with Crippen LogP contribution in [0.15, 0.2) is 66.7 Å². The van der Waals surface area contributed by atoms with Crippen molar-refractivity contribution < 1.29 is 26.8 Å². The van der Waals surface area contributed by atoms with Crippen LogP contribution in [-0.4, -0.2) is 50.5 Å². The van der Waals surface area contributed by atoms with Gasteiger partial charge in [0.15, 0.2) is 11.6 Å². The molecule has 39 heavy (non-hydrogen) atoms. The molecule has 1 unspecified atom stereocenters. The Kier molecular flexibility index (Phi) is 10.3. The fourth-order valence-electron chi connectivity index (χ4n) is 3.93. The Labute approximate surface area is 236 Å². The lowest BCUT2D eigenvalue weighted by Crippen LogP contribution is -2.53. The van der Waals surface area contributed by atoms with Crippen LogP contribution < -0.4 is 9.62 Å². The Bertz CT molecular complexity index is 1440. The normalized spacial score (nSPS) is 12.1. The first kappa shape index (κ1) is 30.3. The highest BCUT2D eigenvalue weighted by Gasteiger charge is 2.33. The quantitative estimate of drug-likeness (QED) is 0.343. The van der Waals surface area contributed by atoms with Gasteiger partial charge in [-0.05, 0) is 42.3 Å². The Morgan fingerprint density at radius 3 is 2.21 bits per heavy atom. The molecular formula is C27H27Cl2F2N3O4S. The van der Waals surface area contributed by atoms with E-state index in [4.69, 9.17) is 23.2 Å². The molecule has 2 amide bonds. The number of sulfonamides is 1. The molecule has 208 valence electrons. The zero-order chi connectivity index (χ0) is 28.7. The van der Waals surface area contributed by atoms with E-state index in [1.807, 2.05) is 6.07 Å². The third kappa shape index (κ3) is 8.14. The molecule has 0 saturated carbocycles. The second-order valence-corrected chi connectivity index (χ2v) is 11.5. The van der Waals surface area contributed by atoms with Crippen molar-refractivity contribution in [2.24, 2.45) is 0 Å². The molecule has 7 nitrogen and oxygen atoms in total. The maximum absolute atomic E-state index is 14.0. The van der Waals surface area contributed by atoms with Crippen LogP contribution in [0, 0.1) is 11.6 Å². The summed E-state index contributed by atoms with van der Waals surface area (Å²) in [5.74, 6) is -3.64. The molecule has 0 spiro atoms. The van der Waals surface area contributed by atoms with Crippen molar-refractivity contribution in [2.75, 3.05) is 23.7 Å². The highest BCUT2D eigenvalue weighted by molar-refractivity contribution is 7.92. The number of benzene rings is 3. The van der Waals surface area contributed by atoms with Gasteiger partial charge in [0.05, 0.1) is 22.0 Å². The number of carbonyl (C=O) groups excluding carboxylic acids is 2. The SMILES string of the molecule is CCNC(=O)C(Cc1ccccc1)N(Cc1ccc(Cl)c(Cl)c1)C(=O)CN(c1ccc(F)c(F)c1)S(C)(=O)=O. The van der Waals surface area contributed by atoms with Crippen LogP contribution in [0.3, 0.4) is 0 Å². The minimum atomic E-state index is -4.12. The number of nitrogens with one attached hydrogen (secondary N) is 1. The molecule has 0 aliphatic carbocycles. The second kappa shape index (κ2) is 13.2. The molecule has 0 heterocycles. The third-order valence-electron chi connectivity index (χ3n) is 5.83. The second-order valence-electron chi connectivity index (χ2n) is 8.74. The molecule has 0 aliphatic heterocycles. The van der Waals surface area contributed by atoms with Crippen LogP contribution >= 0.6 is 23.2 Å². The maximum atomic E-state index is 14.0. The van der Waals surface area contributed by atoms with Crippen molar-refractivity contribution in [3.8, 4) is 0 Å². The average molecular weight is 598 g/mol. The van der Waals surface area contributed by atoms with Crippen LogP contribution in [0.25, 0.3) is 0 Å². The van der Waals surface area contributed by atoms with E-state index in [0.717, 1.165) is 24.0 Å². The van der Waals surface area contributed by atoms with E-state index in [0.29, 0.717) is 27.5 Å². The molecule has 0 radical (unpaired) electrons. The highest BCUT2D eigenvalue weighted by atomic mass is 35.5. The van der Waals surface area contributed by atoms with Gasteiger partial charge in [-0.15, -0.1) is 0 Å². The zero-order valence-corrected chi connectivity index (χ0v) is 23.5. The van der Waals surface area contributed by atoms with E-state index in [9.17, 15) is 26.8 Å². The summed E-state index contributed by atoms with van der Waals surface area (Å²) in [4.78, 5) is 28.3. The van der Waals surface area contributed by atoms with Crippen LogP contribution in [0.4, 0.5) is 14.5 Å². The van der Waals surface area contributed by atoms with Crippen molar-refractivity contribution >= 4 is 50.7 Å². The molecular weight excluding hydrogens is 571 g/mol. The largest absolute Gasteiger partial charge is 0.355 e. The zero-order valence-electron chi connectivity index (χ0n) is 21.2. The fourth-order valence-corrected chi connectivity index (χ4v) is 5.10. The first-order chi connectivity index (χ1) is 18.4. The van der Waals surface area contributed by atoms with Crippen molar-refractivity contribution in [1.29, 1.82) is 0 Å². The number of hydrogen-bond donors (Lipinski definition) is 1. The van der Waals surface area contributed by atoms with Gasteiger partial charge in [-0.3, -0.25) is 13.9 Å².